The van der Waals surface area contributed by atoms with Gasteiger partial charge in [0.2, 0.25) is 5.91 Å². The van der Waals surface area contributed by atoms with Crippen molar-refractivity contribution in [3.05, 3.63) is 65.7 Å². The van der Waals surface area contributed by atoms with Crippen LogP contribution in [0.1, 0.15) is 77.0 Å². The molecule has 2 aromatic carbocycles. The third-order valence-electron chi connectivity index (χ3n) is 6.15. The average Bonchev–Trinajstić information content (AvgIpc) is 2.82. The van der Waals surface area contributed by atoms with E-state index in [1.807, 2.05) is 49.4 Å². The molecule has 0 radical (unpaired) electrons. The second-order valence-corrected chi connectivity index (χ2v) is 9.14. The highest BCUT2D eigenvalue weighted by atomic mass is 16.5. The Morgan fingerprint density at radius 3 is 2.19 bits per heavy atom. The van der Waals surface area contributed by atoms with Crippen molar-refractivity contribution in [1.29, 1.82) is 0 Å². The lowest BCUT2D eigenvalue weighted by molar-refractivity contribution is -0.123. The van der Waals surface area contributed by atoms with Gasteiger partial charge in [-0.05, 0) is 55.0 Å². The number of ether oxygens (including phenoxy) is 1. The first kappa shape index (κ1) is 25.9. The number of rotatable bonds is 14. The number of carbonyl (C=O) groups is 1. The molecule has 0 aliphatic carbocycles. The Bertz CT molecular complexity index is 776. The number of hydrogen-bond acceptors (Lipinski definition) is 3. The minimum atomic E-state index is -0.198. The molecule has 4 unspecified atom stereocenters. The first-order chi connectivity index (χ1) is 15.4. The molecule has 4 nitrogen and oxygen atoms in total. The monoisotopic (exact) mass is 438 g/mol. The normalized spacial score (nSPS) is 14.9. The molecule has 0 saturated heterocycles. The predicted octanol–water partition coefficient (Wildman–Crippen LogP) is 6.10. The van der Waals surface area contributed by atoms with Crippen LogP contribution in [0.4, 0.5) is 0 Å². The molecule has 176 valence electrons. The fraction of sp³-hybridized carbons (Fsp3) is 0.536. The Kier molecular flexibility index (Phi) is 11.3. The molecule has 0 aliphatic rings. The third kappa shape index (κ3) is 8.66. The molecule has 2 rings (SSSR count). The highest BCUT2D eigenvalue weighted by Crippen LogP contribution is 2.21. The summed E-state index contributed by atoms with van der Waals surface area (Å²) in [5.41, 5.74) is 2.12. The van der Waals surface area contributed by atoms with Crippen molar-refractivity contribution in [2.75, 3.05) is 19.7 Å². The number of nitrogens with one attached hydrogen (secondary N) is 2. The van der Waals surface area contributed by atoms with E-state index in [9.17, 15) is 4.79 Å². The molecule has 1 amide bonds. The summed E-state index contributed by atoms with van der Waals surface area (Å²) in [6.07, 6.45) is 3.49. The molecule has 32 heavy (non-hydrogen) atoms. The van der Waals surface area contributed by atoms with Gasteiger partial charge >= 0.3 is 0 Å². The van der Waals surface area contributed by atoms with Gasteiger partial charge in [0.25, 0.3) is 0 Å². The Morgan fingerprint density at radius 1 is 0.875 bits per heavy atom. The minimum Gasteiger partial charge on any atom is -0.493 e. The molecular weight excluding hydrogens is 396 g/mol. The zero-order valence-electron chi connectivity index (χ0n) is 20.6. The second-order valence-electron chi connectivity index (χ2n) is 9.14. The molecule has 0 fully saturated rings. The van der Waals surface area contributed by atoms with Crippen LogP contribution < -0.4 is 15.4 Å². The highest BCUT2D eigenvalue weighted by Gasteiger charge is 2.20. The summed E-state index contributed by atoms with van der Waals surface area (Å²) < 4.78 is 5.96. The molecule has 0 bridgehead atoms. The summed E-state index contributed by atoms with van der Waals surface area (Å²) in [6, 6.07) is 18.0. The largest absolute Gasteiger partial charge is 0.493 e. The molecule has 2 aromatic rings. The summed E-state index contributed by atoms with van der Waals surface area (Å²) in [6.45, 7) is 13.2. The number of benzene rings is 2. The number of hydrogen-bond donors (Lipinski definition) is 2. The van der Waals surface area contributed by atoms with Crippen LogP contribution in [0.2, 0.25) is 0 Å². The maximum Gasteiger partial charge on any atom is 0.227 e. The van der Waals surface area contributed by atoms with E-state index in [0.717, 1.165) is 36.4 Å². The quantitative estimate of drug-likeness (QED) is 0.375. The first-order valence-electron chi connectivity index (χ1n) is 12.2. The molecule has 4 heteroatoms. The van der Waals surface area contributed by atoms with Crippen molar-refractivity contribution in [2.45, 2.75) is 65.8 Å². The zero-order valence-corrected chi connectivity index (χ0v) is 20.6. The van der Waals surface area contributed by atoms with Gasteiger partial charge in [0.1, 0.15) is 5.75 Å². The van der Waals surface area contributed by atoms with E-state index in [1.165, 1.54) is 12.8 Å². The summed E-state index contributed by atoms with van der Waals surface area (Å²) in [5, 5.41) is 6.81. The van der Waals surface area contributed by atoms with Crippen LogP contribution in [-0.4, -0.2) is 25.6 Å². The maximum atomic E-state index is 13.0. The Balaban J connectivity index is 2.05. The lowest BCUT2D eigenvalue weighted by Gasteiger charge is -2.23. The average molecular weight is 439 g/mol. The maximum absolute atomic E-state index is 13.0. The molecular formula is C28H42N2O2. The topological polar surface area (TPSA) is 50.4 Å². The van der Waals surface area contributed by atoms with Gasteiger partial charge in [-0.2, -0.15) is 0 Å². The Labute approximate surface area is 195 Å². The molecule has 0 aliphatic heterocycles. The van der Waals surface area contributed by atoms with E-state index in [0.29, 0.717) is 18.4 Å². The van der Waals surface area contributed by atoms with Gasteiger partial charge in [-0.1, -0.05) is 83.0 Å². The van der Waals surface area contributed by atoms with Gasteiger partial charge in [0.15, 0.2) is 0 Å². The van der Waals surface area contributed by atoms with Crippen molar-refractivity contribution in [3.8, 4) is 5.75 Å². The van der Waals surface area contributed by atoms with E-state index < -0.39 is 0 Å². The van der Waals surface area contributed by atoms with E-state index in [2.05, 4.69) is 50.5 Å². The van der Waals surface area contributed by atoms with E-state index in [1.54, 1.807) is 0 Å². The molecule has 0 saturated carbocycles. The van der Waals surface area contributed by atoms with Crippen molar-refractivity contribution >= 4 is 5.91 Å². The number of carbonyl (C=O) groups excluding carboxylic acids is 1. The molecule has 0 aromatic heterocycles. The number of amides is 1. The van der Waals surface area contributed by atoms with E-state index in [4.69, 9.17) is 4.74 Å². The van der Waals surface area contributed by atoms with Crippen LogP contribution >= 0.6 is 0 Å². The van der Waals surface area contributed by atoms with Crippen LogP contribution in [0.5, 0.6) is 5.75 Å². The van der Waals surface area contributed by atoms with Gasteiger partial charge in [-0.3, -0.25) is 4.79 Å². The standard InChI is InChI=1S/C28H42N2O2/c1-6-11-22(4)20-32-26-16-14-25(15-17-26)27(19-29-18-21(3)7-2)30-28(31)23(5)24-12-9-8-10-13-24/h8-10,12-17,21-23,27,29H,6-7,11,18-20H2,1-5H3,(H,30,31). The lowest BCUT2D eigenvalue weighted by atomic mass is 9.99. The van der Waals surface area contributed by atoms with Crippen molar-refractivity contribution in [1.82, 2.24) is 10.6 Å². The van der Waals surface area contributed by atoms with E-state index in [-0.39, 0.29) is 17.9 Å². The Morgan fingerprint density at radius 2 is 1.56 bits per heavy atom. The van der Waals surface area contributed by atoms with Gasteiger partial charge in [-0.25, -0.2) is 0 Å². The Hall–Kier alpha value is -2.33. The van der Waals surface area contributed by atoms with Gasteiger partial charge < -0.3 is 15.4 Å². The van der Waals surface area contributed by atoms with Crippen LogP contribution in [-0.2, 0) is 4.79 Å². The zero-order chi connectivity index (χ0) is 23.3. The third-order valence-corrected chi connectivity index (χ3v) is 6.15. The second kappa shape index (κ2) is 13.9. The van der Waals surface area contributed by atoms with Gasteiger partial charge in [0, 0.05) is 6.54 Å². The molecule has 4 atom stereocenters. The summed E-state index contributed by atoms with van der Waals surface area (Å²) >= 11 is 0. The van der Waals surface area contributed by atoms with E-state index >= 15 is 0 Å². The predicted molar refractivity (Wildman–Crippen MR) is 134 cm³/mol. The smallest absolute Gasteiger partial charge is 0.227 e. The summed E-state index contributed by atoms with van der Waals surface area (Å²) in [5.74, 6) is 1.88. The summed E-state index contributed by atoms with van der Waals surface area (Å²) in [7, 11) is 0. The fourth-order valence-corrected chi connectivity index (χ4v) is 3.67. The molecule has 2 N–H and O–H groups in total. The molecule has 0 spiro atoms. The first-order valence-corrected chi connectivity index (χ1v) is 12.2. The molecule has 0 heterocycles. The lowest BCUT2D eigenvalue weighted by Crippen LogP contribution is -2.38. The van der Waals surface area contributed by atoms with Crippen molar-refractivity contribution < 1.29 is 9.53 Å². The van der Waals surface area contributed by atoms with Crippen LogP contribution in [0, 0.1) is 11.8 Å². The fourth-order valence-electron chi connectivity index (χ4n) is 3.67. The van der Waals surface area contributed by atoms with Gasteiger partial charge in [0.05, 0.1) is 18.6 Å². The summed E-state index contributed by atoms with van der Waals surface area (Å²) in [4.78, 5) is 13.0. The van der Waals surface area contributed by atoms with Gasteiger partial charge in [-0.15, -0.1) is 0 Å². The van der Waals surface area contributed by atoms with Crippen molar-refractivity contribution in [2.24, 2.45) is 11.8 Å². The van der Waals surface area contributed by atoms with Crippen LogP contribution in [0.25, 0.3) is 0 Å². The van der Waals surface area contributed by atoms with Crippen molar-refractivity contribution in [3.63, 3.8) is 0 Å². The van der Waals surface area contributed by atoms with Crippen LogP contribution in [0.15, 0.2) is 54.6 Å². The minimum absolute atomic E-state index is 0.0419. The van der Waals surface area contributed by atoms with Crippen LogP contribution in [0.3, 0.4) is 0 Å². The highest BCUT2D eigenvalue weighted by molar-refractivity contribution is 5.83. The SMILES string of the molecule is CCCC(C)COc1ccc(C(CNCC(C)CC)NC(=O)C(C)c2ccccc2)cc1.